The molecule has 2 aromatic rings. The number of benzene rings is 2. The number of hydrogen-bond donors (Lipinski definition) is 2. The van der Waals surface area contributed by atoms with Crippen molar-refractivity contribution < 1.29 is 9.53 Å². The maximum absolute atomic E-state index is 12.2. The molecule has 0 radical (unpaired) electrons. The summed E-state index contributed by atoms with van der Waals surface area (Å²) in [5.41, 5.74) is 1.65. The van der Waals surface area contributed by atoms with E-state index in [1.165, 1.54) is 4.90 Å². The van der Waals surface area contributed by atoms with Gasteiger partial charge in [-0.1, -0.05) is 25.5 Å². The van der Waals surface area contributed by atoms with Crippen molar-refractivity contribution in [3.05, 3.63) is 59.7 Å². The highest BCUT2D eigenvalue weighted by molar-refractivity contribution is 7.98. The van der Waals surface area contributed by atoms with E-state index in [4.69, 9.17) is 17.0 Å². The molecule has 2 aromatic carbocycles. The molecular formula is C20H24N2O2S2. The third kappa shape index (κ3) is 6.69. The van der Waals surface area contributed by atoms with E-state index in [1.54, 1.807) is 36.0 Å². The maximum Gasteiger partial charge on any atom is 0.257 e. The average Bonchev–Trinajstić information content (AvgIpc) is 2.67. The first-order valence-corrected chi connectivity index (χ1v) is 10.2. The Morgan fingerprint density at radius 2 is 1.81 bits per heavy atom. The van der Waals surface area contributed by atoms with E-state index in [-0.39, 0.29) is 5.91 Å². The van der Waals surface area contributed by atoms with Crippen molar-refractivity contribution >= 4 is 35.0 Å². The topological polar surface area (TPSA) is 50.4 Å². The number of ether oxygens (including phenoxy) is 1. The van der Waals surface area contributed by atoms with Gasteiger partial charge in [-0.25, -0.2) is 0 Å². The number of carbonyl (C=O) groups excluding carboxylic acids is 1. The molecule has 2 rings (SSSR count). The lowest BCUT2D eigenvalue weighted by atomic mass is 10.2. The van der Waals surface area contributed by atoms with Gasteiger partial charge in [-0.2, -0.15) is 0 Å². The van der Waals surface area contributed by atoms with Gasteiger partial charge in [0, 0.05) is 17.0 Å². The Balaban J connectivity index is 1.79. The van der Waals surface area contributed by atoms with E-state index in [0.717, 1.165) is 24.2 Å². The van der Waals surface area contributed by atoms with Crippen molar-refractivity contribution in [2.45, 2.75) is 31.2 Å². The minimum atomic E-state index is -0.236. The van der Waals surface area contributed by atoms with Crippen LogP contribution in [0, 0.1) is 0 Å². The van der Waals surface area contributed by atoms with Crippen molar-refractivity contribution in [2.24, 2.45) is 0 Å². The van der Waals surface area contributed by atoms with Gasteiger partial charge in [0.1, 0.15) is 5.75 Å². The van der Waals surface area contributed by atoms with Crippen LogP contribution in [0.2, 0.25) is 0 Å². The first kappa shape index (κ1) is 20.3. The van der Waals surface area contributed by atoms with Crippen LogP contribution in [0.5, 0.6) is 5.75 Å². The van der Waals surface area contributed by atoms with E-state index in [2.05, 4.69) is 29.7 Å². The molecule has 0 aliphatic carbocycles. The lowest BCUT2D eigenvalue weighted by Crippen LogP contribution is -2.38. The normalized spacial score (nSPS) is 10.2. The largest absolute Gasteiger partial charge is 0.494 e. The predicted octanol–water partition coefficient (Wildman–Crippen LogP) is 4.39. The first-order chi connectivity index (χ1) is 12.6. The first-order valence-electron chi connectivity index (χ1n) is 8.57. The van der Waals surface area contributed by atoms with Gasteiger partial charge in [-0.15, -0.1) is 11.8 Å². The molecule has 1 amide bonds. The van der Waals surface area contributed by atoms with E-state index in [9.17, 15) is 4.79 Å². The number of hydrogen-bond acceptors (Lipinski definition) is 4. The molecule has 26 heavy (non-hydrogen) atoms. The van der Waals surface area contributed by atoms with E-state index in [1.807, 2.05) is 18.4 Å². The molecular weight excluding hydrogens is 364 g/mol. The molecule has 0 saturated heterocycles. The summed E-state index contributed by atoms with van der Waals surface area (Å²) in [6.45, 7) is 3.37. The van der Waals surface area contributed by atoms with E-state index >= 15 is 0 Å². The molecule has 0 aliphatic rings. The molecule has 0 aliphatic heterocycles. The third-order valence-corrected chi connectivity index (χ3v) is 4.71. The predicted molar refractivity (Wildman–Crippen MR) is 112 cm³/mol. The quantitative estimate of drug-likeness (QED) is 0.399. The lowest BCUT2D eigenvalue weighted by Gasteiger charge is -2.10. The van der Waals surface area contributed by atoms with Gasteiger partial charge in [0.05, 0.1) is 6.61 Å². The molecule has 0 unspecified atom stereocenters. The number of rotatable bonds is 8. The zero-order valence-electron chi connectivity index (χ0n) is 15.1. The van der Waals surface area contributed by atoms with Crippen LogP contribution in [0.15, 0.2) is 53.4 Å². The molecule has 0 bridgehead atoms. The van der Waals surface area contributed by atoms with Crippen LogP contribution in [-0.4, -0.2) is 23.9 Å². The van der Waals surface area contributed by atoms with Gasteiger partial charge in [0.15, 0.2) is 5.11 Å². The highest BCUT2D eigenvalue weighted by atomic mass is 32.2. The second-order valence-corrected chi connectivity index (χ2v) is 7.00. The second-order valence-electron chi connectivity index (χ2n) is 5.71. The van der Waals surface area contributed by atoms with E-state index in [0.29, 0.717) is 23.8 Å². The molecule has 138 valence electrons. The highest BCUT2D eigenvalue weighted by Gasteiger charge is 2.08. The Hall–Kier alpha value is -2.05. The van der Waals surface area contributed by atoms with Crippen LogP contribution in [0.3, 0.4) is 0 Å². The van der Waals surface area contributed by atoms with Crippen LogP contribution >= 0.6 is 24.0 Å². The van der Waals surface area contributed by atoms with Gasteiger partial charge < -0.3 is 10.1 Å². The van der Waals surface area contributed by atoms with Crippen LogP contribution in [0.1, 0.15) is 35.7 Å². The van der Waals surface area contributed by atoms with Gasteiger partial charge >= 0.3 is 0 Å². The third-order valence-electron chi connectivity index (χ3n) is 3.72. The van der Waals surface area contributed by atoms with Crippen molar-refractivity contribution in [1.82, 2.24) is 10.6 Å². The average molecular weight is 389 g/mol. The zero-order chi connectivity index (χ0) is 18.8. The molecule has 0 fully saturated rings. The summed E-state index contributed by atoms with van der Waals surface area (Å²) in [4.78, 5) is 13.5. The Morgan fingerprint density at radius 3 is 2.42 bits per heavy atom. The summed E-state index contributed by atoms with van der Waals surface area (Å²) < 4.78 is 5.59. The Kier molecular flexibility index (Phi) is 8.44. The highest BCUT2D eigenvalue weighted by Crippen LogP contribution is 2.15. The number of unbranched alkanes of at least 4 members (excludes halogenated alkanes) is 1. The minimum absolute atomic E-state index is 0.236. The van der Waals surface area contributed by atoms with Crippen molar-refractivity contribution in [3.8, 4) is 5.75 Å². The van der Waals surface area contributed by atoms with E-state index < -0.39 is 0 Å². The fourth-order valence-electron chi connectivity index (χ4n) is 2.18. The van der Waals surface area contributed by atoms with Crippen LogP contribution in [0.4, 0.5) is 0 Å². The fraction of sp³-hybridized carbons (Fsp3) is 0.300. The zero-order valence-corrected chi connectivity index (χ0v) is 16.7. The molecule has 0 spiro atoms. The Labute approximate surface area is 164 Å². The minimum Gasteiger partial charge on any atom is -0.494 e. The number of amides is 1. The summed E-state index contributed by atoms with van der Waals surface area (Å²) in [5.74, 6) is 0.532. The summed E-state index contributed by atoms with van der Waals surface area (Å²) in [6, 6.07) is 15.3. The molecule has 4 nitrogen and oxygen atoms in total. The molecule has 0 atom stereocenters. The number of thioether (sulfide) groups is 1. The number of thiocarbonyl (C=S) groups is 1. The summed E-state index contributed by atoms with van der Waals surface area (Å²) in [7, 11) is 0. The van der Waals surface area contributed by atoms with Gasteiger partial charge in [-0.3, -0.25) is 10.1 Å². The van der Waals surface area contributed by atoms with Crippen molar-refractivity contribution in [2.75, 3.05) is 12.9 Å². The summed E-state index contributed by atoms with van der Waals surface area (Å²) in [5, 5.41) is 6.06. The summed E-state index contributed by atoms with van der Waals surface area (Å²) in [6.07, 6.45) is 4.15. The van der Waals surface area contributed by atoms with Crippen LogP contribution < -0.4 is 15.4 Å². The fourth-order valence-corrected chi connectivity index (χ4v) is 2.76. The summed E-state index contributed by atoms with van der Waals surface area (Å²) >= 11 is 6.90. The van der Waals surface area contributed by atoms with Crippen molar-refractivity contribution in [1.29, 1.82) is 0 Å². The Morgan fingerprint density at radius 1 is 1.12 bits per heavy atom. The standard InChI is InChI=1S/C20H24N2O2S2/c1-3-4-13-24-17-9-7-16(8-10-17)19(23)22-20(25)21-14-15-5-11-18(26-2)12-6-15/h5-12H,3-4,13-14H2,1-2H3,(H2,21,22,23,25). The lowest BCUT2D eigenvalue weighted by molar-refractivity contribution is 0.0976. The smallest absolute Gasteiger partial charge is 0.257 e. The van der Waals surface area contributed by atoms with Gasteiger partial charge in [-0.05, 0) is 66.9 Å². The number of carbonyl (C=O) groups is 1. The second kappa shape index (κ2) is 10.8. The molecule has 0 aromatic heterocycles. The number of nitrogens with one attached hydrogen (secondary N) is 2. The molecule has 0 saturated carbocycles. The van der Waals surface area contributed by atoms with Crippen molar-refractivity contribution in [3.63, 3.8) is 0 Å². The monoisotopic (exact) mass is 388 g/mol. The van der Waals surface area contributed by atoms with Gasteiger partial charge in [0.25, 0.3) is 5.91 Å². The molecule has 6 heteroatoms. The van der Waals surface area contributed by atoms with Gasteiger partial charge in [0.2, 0.25) is 0 Å². The molecule has 0 heterocycles. The Bertz CT molecular complexity index is 716. The maximum atomic E-state index is 12.2. The SMILES string of the molecule is CCCCOc1ccc(C(=O)NC(=S)NCc2ccc(SC)cc2)cc1. The van der Waals surface area contributed by atoms with Crippen LogP contribution in [0.25, 0.3) is 0 Å². The molecule has 2 N–H and O–H groups in total. The van der Waals surface area contributed by atoms with Crippen LogP contribution in [-0.2, 0) is 6.54 Å².